The summed E-state index contributed by atoms with van der Waals surface area (Å²) < 4.78 is 17.3. The van der Waals surface area contributed by atoms with Gasteiger partial charge in [0.05, 0.1) is 32.9 Å². The van der Waals surface area contributed by atoms with Crippen molar-refractivity contribution in [3.63, 3.8) is 0 Å². The average Bonchev–Trinajstić information content (AvgIpc) is 3.29. The second-order valence-corrected chi connectivity index (χ2v) is 8.13. The third-order valence-corrected chi connectivity index (χ3v) is 5.78. The summed E-state index contributed by atoms with van der Waals surface area (Å²) in [5, 5.41) is 6.82. The normalized spacial score (nSPS) is 21.8. The highest BCUT2D eigenvalue weighted by molar-refractivity contribution is 14.0. The van der Waals surface area contributed by atoms with Crippen LogP contribution in [0.15, 0.2) is 29.3 Å². The van der Waals surface area contributed by atoms with Crippen LogP contribution in [0.2, 0.25) is 0 Å². The molecule has 3 rings (SSSR count). The van der Waals surface area contributed by atoms with Gasteiger partial charge in [-0.05, 0) is 38.8 Å². The van der Waals surface area contributed by atoms with Gasteiger partial charge in [-0.15, -0.1) is 24.0 Å². The van der Waals surface area contributed by atoms with E-state index in [1.165, 1.54) is 0 Å². The van der Waals surface area contributed by atoms with Crippen LogP contribution >= 0.6 is 24.0 Å². The van der Waals surface area contributed by atoms with Gasteiger partial charge >= 0.3 is 0 Å². The minimum Gasteiger partial charge on any atom is -0.489 e. The van der Waals surface area contributed by atoms with Crippen LogP contribution in [0.5, 0.6) is 5.75 Å². The fourth-order valence-electron chi connectivity index (χ4n) is 4.04. The molecule has 0 bridgehead atoms. The number of nitrogens with zero attached hydrogens (tertiary/aromatic N) is 2. The molecule has 176 valence electrons. The molecule has 31 heavy (non-hydrogen) atoms. The topological polar surface area (TPSA) is 67.4 Å². The second-order valence-electron chi connectivity index (χ2n) is 8.13. The molecule has 7 nitrogen and oxygen atoms in total. The van der Waals surface area contributed by atoms with Crippen LogP contribution in [0.3, 0.4) is 0 Å². The summed E-state index contributed by atoms with van der Waals surface area (Å²) in [7, 11) is 0. The number of guanidine groups is 1. The van der Waals surface area contributed by atoms with Gasteiger partial charge in [0.25, 0.3) is 0 Å². The Hall–Kier alpha value is -1.10. The molecule has 3 atom stereocenters. The Morgan fingerprint density at radius 1 is 1.19 bits per heavy atom. The number of ether oxygens (including phenoxy) is 3. The van der Waals surface area contributed by atoms with Crippen LogP contribution in [-0.4, -0.2) is 82.2 Å². The molecule has 3 unspecified atom stereocenters. The summed E-state index contributed by atoms with van der Waals surface area (Å²) in [5.74, 6) is 2.32. The molecule has 0 amide bonds. The van der Waals surface area contributed by atoms with Crippen molar-refractivity contribution in [3.05, 3.63) is 29.8 Å². The number of hydrogen-bond donors (Lipinski definition) is 2. The molecular weight excluding hydrogens is 507 g/mol. The van der Waals surface area contributed by atoms with Crippen molar-refractivity contribution in [1.82, 2.24) is 15.5 Å². The predicted octanol–water partition coefficient (Wildman–Crippen LogP) is 2.67. The van der Waals surface area contributed by atoms with E-state index in [-0.39, 0.29) is 30.1 Å². The summed E-state index contributed by atoms with van der Waals surface area (Å²) in [6.45, 7) is 13.8. The third-order valence-electron chi connectivity index (χ3n) is 5.78. The van der Waals surface area contributed by atoms with Gasteiger partial charge in [0, 0.05) is 38.2 Å². The zero-order chi connectivity index (χ0) is 21.2. The van der Waals surface area contributed by atoms with E-state index in [0.29, 0.717) is 18.5 Å². The quantitative estimate of drug-likeness (QED) is 0.282. The molecule has 0 aliphatic carbocycles. The molecule has 1 aromatic rings. The molecule has 2 heterocycles. The van der Waals surface area contributed by atoms with E-state index in [9.17, 15) is 0 Å². The Morgan fingerprint density at radius 3 is 2.65 bits per heavy atom. The molecule has 2 aliphatic rings. The largest absolute Gasteiger partial charge is 0.489 e. The maximum atomic E-state index is 6.09. The number of hydrogen-bond acceptors (Lipinski definition) is 5. The van der Waals surface area contributed by atoms with E-state index in [1.54, 1.807) is 0 Å². The molecule has 8 heteroatoms. The van der Waals surface area contributed by atoms with Crippen LogP contribution in [0.1, 0.15) is 25.8 Å². The van der Waals surface area contributed by atoms with Crippen LogP contribution in [0, 0.1) is 12.8 Å². The zero-order valence-electron chi connectivity index (χ0n) is 19.1. The summed E-state index contributed by atoms with van der Waals surface area (Å²) in [5.41, 5.74) is 1.15. The van der Waals surface area contributed by atoms with Crippen molar-refractivity contribution < 1.29 is 14.2 Å². The van der Waals surface area contributed by atoms with Crippen LogP contribution in [-0.2, 0) is 9.47 Å². The number of rotatable bonds is 9. The van der Waals surface area contributed by atoms with Crippen molar-refractivity contribution >= 4 is 29.9 Å². The summed E-state index contributed by atoms with van der Waals surface area (Å²) in [4.78, 5) is 7.46. The Kier molecular flexibility index (Phi) is 11.9. The maximum Gasteiger partial charge on any atom is 0.191 e. The van der Waals surface area contributed by atoms with Crippen LogP contribution < -0.4 is 15.4 Å². The van der Waals surface area contributed by atoms with Gasteiger partial charge in [0.1, 0.15) is 11.9 Å². The molecule has 0 aromatic heterocycles. The van der Waals surface area contributed by atoms with Gasteiger partial charge in [-0.3, -0.25) is 9.89 Å². The zero-order valence-corrected chi connectivity index (χ0v) is 21.5. The molecule has 1 aromatic carbocycles. The van der Waals surface area contributed by atoms with Crippen molar-refractivity contribution in [2.45, 2.75) is 39.3 Å². The highest BCUT2D eigenvalue weighted by Gasteiger charge is 2.31. The molecule has 2 fully saturated rings. The predicted molar refractivity (Wildman–Crippen MR) is 136 cm³/mol. The number of aliphatic imine (C=N–C) groups is 1. The van der Waals surface area contributed by atoms with E-state index in [2.05, 4.69) is 42.4 Å². The number of aryl methyl sites for hydroxylation is 1. The van der Waals surface area contributed by atoms with Crippen LogP contribution in [0.25, 0.3) is 0 Å². The Balaban J connectivity index is 0.00000341. The third kappa shape index (κ3) is 8.40. The summed E-state index contributed by atoms with van der Waals surface area (Å²) in [6.07, 6.45) is 1.15. The van der Waals surface area contributed by atoms with Gasteiger partial charge in [-0.2, -0.15) is 0 Å². The Bertz CT molecular complexity index is 664. The van der Waals surface area contributed by atoms with Gasteiger partial charge in [0.15, 0.2) is 5.96 Å². The molecule has 0 radical (unpaired) electrons. The lowest BCUT2D eigenvalue weighted by molar-refractivity contribution is 0.00368. The van der Waals surface area contributed by atoms with Gasteiger partial charge < -0.3 is 24.8 Å². The van der Waals surface area contributed by atoms with Crippen LogP contribution in [0.4, 0.5) is 0 Å². The first-order valence-electron chi connectivity index (χ1n) is 11.3. The van der Waals surface area contributed by atoms with Crippen molar-refractivity contribution in [2.75, 3.05) is 59.2 Å². The first-order valence-corrected chi connectivity index (χ1v) is 11.3. The molecule has 2 saturated heterocycles. The van der Waals surface area contributed by atoms with E-state index in [0.717, 1.165) is 76.3 Å². The van der Waals surface area contributed by atoms with Gasteiger partial charge in [0.2, 0.25) is 0 Å². The molecule has 2 aliphatic heterocycles. The molecule has 0 spiro atoms. The number of morpholine rings is 1. The number of halogens is 1. The van der Waals surface area contributed by atoms with Gasteiger partial charge in [-0.25, -0.2) is 0 Å². The summed E-state index contributed by atoms with van der Waals surface area (Å²) >= 11 is 0. The lowest BCUT2D eigenvalue weighted by Crippen LogP contribution is -2.49. The van der Waals surface area contributed by atoms with Gasteiger partial charge in [-0.1, -0.05) is 18.2 Å². The molecular formula is C23H39IN4O3. The standard InChI is InChI=1S/C23H38N4O3.HI/c1-4-24-23(25-15-19(3)30-22-8-6-5-7-18(22)2)26-16-21(20-9-12-29-17-20)27-10-13-28-14-11-27;/h5-8,19-21H,4,9-17H2,1-3H3,(H2,24,25,26);1H. The first-order chi connectivity index (χ1) is 14.7. The van der Waals surface area contributed by atoms with E-state index in [4.69, 9.17) is 19.2 Å². The monoisotopic (exact) mass is 546 g/mol. The van der Waals surface area contributed by atoms with Crippen molar-refractivity contribution in [2.24, 2.45) is 10.9 Å². The number of para-hydroxylation sites is 1. The lowest BCUT2D eigenvalue weighted by Gasteiger charge is -2.36. The fraction of sp³-hybridized carbons (Fsp3) is 0.696. The lowest BCUT2D eigenvalue weighted by atomic mass is 9.97. The second kappa shape index (κ2) is 14.1. The SMILES string of the molecule is CCNC(=NCC(C1CCOC1)N1CCOCC1)NCC(C)Oc1ccccc1C.I. The van der Waals surface area contributed by atoms with Crippen molar-refractivity contribution in [3.8, 4) is 5.75 Å². The molecule has 0 saturated carbocycles. The van der Waals surface area contributed by atoms with E-state index >= 15 is 0 Å². The highest BCUT2D eigenvalue weighted by atomic mass is 127. The van der Waals surface area contributed by atoms with E-state index in [1.807, 2.05) is 18.2 Å². The average molecular weight is 546 g/mol. The minimum absolute atomic E-state index is 0. The molecule has 2 N–H and O–H groups in total. The summed E-state index contributed by atoms with van der Waals surface area (Å²) in [6, 6.07) is 8.52. The number of nitrogens with one attached hydrogen (secondary N) is 2. The minimum atomic E-state index is 0. The number of benzene rings is 1. The Labute approximate surface area is 204 Å². The smallest absolute Gasteiger partial charge is 0.191 e. The maximum absolute atomic E-state index is 6.09. The van der Waals surface area contributed by atoms with Crippen molar-refractivity contribution in [1.29, 1.82) is 0 Å². The highest BCUT2D eigenvalue weighted by Crippen LogP contribution is 2.22. The Morgan fingerprint density at radius 2 is 1.97 bits per heavy atom. The van der Waals surface area contributed by atoms with E-state index < -0.39 is 0 Å². The first kappa shape index (κ1) is 26.2. The fourth-order valence-corrected chi connectivity index (χ4v) is 4.04.